The van der Waals surface area contributed by atoms with E-state index in [4.69, 9.17) is 0 Å². The molecule has 78 valence electrons. The van der Waals surface area contributed by atoms with E-state index in [1.807, 2.05) is 30.3 Å². The summed E-state index contributed by atoms with van der Waals surface area (Å²) >= 11 is 0. The van der Waals surface area contributed by atoms with Gasteiger partial charge < -0.3 is 15.3 Å². The quantitative estimate of drug-likeness (QED) is 0.645. The predicted molar refractivity (Wildman–Crippen MR) is 57.1 cm³/mol. The zero-order valence-corrected chi connectivity index (χ0v) is 8.04. The van der Waals surface area contributed by atoms with Gasteiger partial charge >= 0.3 is 0 Å². The molecule has 1 aliphatic rings. The maximum absolute atomic E-state index is 9.73. The summed E-state index contributed by atoms with van der Waals surface area (Å²) in [5, 5.41) is 28.5. The summed E-state index contributed by atoms with van der Waals surface area (Å²) in [5.41, 5.74) is 1.33. The first kappa shape index (κ1) is 9.96. The van der Waals surface area contributed by atoms with E-state index in [0.717, 1.165) is 5.56 Å². The van der Waals surface area contributed by atoms with Crippen molar-refractivity contribution < 1.29 is 15.3 Å². The van der Waals surface area contributed by atoms with Crippen molar-refractivity contribution in [3.63, 3.8) is 0 Å². The SMILES string of the molecule is OC1=C[C@H](O)[C@H](O)C(c2ccccc2)=C1. The van der Waals surface area contributed by atoms with Gasteiger partial charge in [0.25, 0.3) is 0 Å². The summed E-state index contributed by atoms with van der Waals surface area (Å²) in [6.45, 7) is 0. The molecule has 3 N–H and O–H groups in total. The van der Waals surface area contributed by atoms with E-state index in [1.54, 1.807) is 0 Å². The highest BCUT2D eigenvalue weighted by atomic mass is 16.3. The molecule has 0 aromatic heterocycles. The Labute approximate surface area is 87.6 Å². The maximum Gasteiger partial charge on any atom is 0.114 e. The highest BCUT2D eigenvalue weighted by molar-refractivity contribution is 5.72. The minimum absolute atomic E-state index is 0.0216. The molecule has 0 spiro atoms. The molecule has 1 aromatic carbocycles. The van der Waals surface area contributed by atoms with E-state index in [-0.39, 0.29) is 5.76 Å². The van der Waals surface area contributed by atoms with E-state index >= 15 is 0 Å². The minimum atomic E-state index is -1.05. The molecule has 0 heterocycles. The highest BCUT2D eigenvalue weighted by Gasteiger charge is 2.24. The fraction of sp³-hybridized carbons (Fsp3) is 0.167. The lowest BCUT2D eigenvalue weighted by atomic mass is 9.92. The molecule has 0 aliphatic heterocycles. The second-order valence-electron chi connectivity index (χ2n) is 3.49. The number of hydrogen-bond acceptors (Lipinski definition) is 3. The first-order valence-electron chi connectivity index (χ1n) is 4.72. The molecule has 0 bridgehead atoms. The third-order valence-corrected chi connectivity index (χ3v) is 2.39. The zero-order chi connectivity index (χ0) is 10.8. The molecule has 15 heavy (non-hydrogen) atoms. The van der Waals surface area contributed by atoms with Gasteiger partial charge in [-0.3, -0.25) is 0 Å². The van der Waals surface area contributed by atoms with Gasteiger partial charge in [0.15, 0.2) is 0 Å². The molecule has 3 nitrogen and oxygen atoms in total. The summed E-state index contributed by atoms with van der Waals surface area (Å²) in [5.74, 6) is -0.0216. The van der Waals surface area contributed by atoms with E-state index in [0.29, 0.717) is 5.57 Å². The van der Waals surface area contributed by atoms with Crippen molar-refractivity contribution in [1.29, 1.82) is 0 Å². The fourth-order valence-electron chi connectivity index (χ4n) is 1.63. The average molecular weight is 204 g/mol. The second kappa shape index (κ2) is 3.88. The molecule has 0 unspecified atom stereocenters. The van der Waals surface area contributed by atoms with Crippen LogP contribution in [0, 0.1) is 0 Å². The Balaban J connectivity index is 2.41. The molecular formula is C12H12O3. The van der Waals surface area contributed by atoms with E-state index in [2.05, 4.69) is 0 Å². The molecule has 2 atom stereocenters. The van der Waals surface area contributed by atoms with Crippen LogP contribution >= 0.6 is 0 Å². The number of benzene rings is 1. The maximum atomic E-state index is 9.73. The molecule has 1 aliphatic carbocycles. The van der Waals surface area contributed by atoms with Gasteiger partial charge in [0.1, 0.15) is 18.0 Å². The van der Waals surface area contributed by atoms with E-state index < -0.39 is 12.2 Å². The lowest BCUT2D eigenvalue weighted by molar-refractivity contribution is 0.0827. The Kier molecular flexibility index (Phi) is 2.58. The van der Waals surface area contributed by atoms with Crippen LogP contribution in [-0.2, 0) is 0 Å². The van der Waals surface area contributed by atoms with Crippen LogP contribution < -0.4 is 0 Å². The van der Waals surface area contributed by atoms with Gasteiger partial charge in [-0.15, -0.1) is 0 Å². The Morgan fingerprint density at radius 3 is 2.33 bits per heavy atom. The van der Waals surface area contributed by atoms with Crippen molar-refractivity contribution in [1.82, 2.24) is 0 Å². The fourth-order valence-corrected chi connectivity index (χ4v) is 1.63. The number of aliphatic hydroxyl groups is 3. The van der Waals surface area contributed by atoms with Crippen molar-refractivity contribution in [3.05, 3.63) is 53.8 Å². The van der Waals surface area contributed by atoms with Crippen LogP contribution in [-0.4, -0.2) is 27.5 Å². The monoisotopic (exact) mass is 204 g/mol. The molecule has 0 fully saturated rings. The molecule has 0 radical (unpaired) electrons. The Morgan fingerprint density at radius 1 is 1.00 bits per heavy atom. The van der Waals surface area contributed by atoms with Gasteiger partial charge in [-0.05, 0) is 23.3 Å². The van der Waals surface area contributed by atoms with E-state index in [1.165, 1.54) is 12.2 Å². The van der Waals surface area contributed by atoms with Gasteiger partial charge in [0.2, 0.25) is 0 Å². The summed E-state index contributed by atoms with van der Waals surface area (Å²) in [7, 11) is 0. The van der Waals surface area contributed by atoms with Crippen molar-refractivity contribution in [2.75, 3.05) is 0 Å². The summed E-state index contributed by atoms with van der Waals surface area (Å²) in [6.07, 6.45) is 0.651. The first-order valence-corrected chi connectivity index (χ1v) is 4.72. The van der Waals surface area contributed by atoms with Crippen LogP contribution in [0.3, 0.4) is 0 Å². The number of rotatable bonds is 1. The summed E-state index contributed by atoms with van der Waals surface area (Å²) in [4.78, 5) is 0. The van der Waals surface area contributed by atoms with E-state index in [9.17, 15) is 15.3 Å². The molecule has 0 saturated heterocycles. The summed E-state index contributed by atoms with van der Waals surface area (Å²) in [6, 6.07) is 9.18. The van der Waals surface area contributed by atoms with Gasteiger partial charge in [-0.1, -0.05) is 30.3 Å². The standard InChI is InChI=1S/C12H12O3/c13-9-6-10(12(15)11(14)7-9)8-4-2-1-3-5-8/h1-7,11-15H/t11-,12+/m0/s1. The molecule has 0 saturated carbocycles. The molecule has 3 heteroatoms. The molecule has 2 rings (SSSR count). The molecular weight excluding hydrogens is 192 g/mol. The third-order valence-electron chi connectivity index (χ3n) is 2.39. The van der Waals surface area contributed by atoms with Crippen molar-refractivity contribution >= 4 is 5.57 Å². The number of aliphatic hydroxyl groups excluding tert-OH is 3. The van der Waals surface area contributed by atoms with Crippen LogP contribution in [0.25, 0.3) is 5.57 Å². The van der Waals surface area contributed by atoms with Crippen molar-refractivity contribution in [2.45, 2.75) is 12.2 Å². The van der Waals surface area contributed by atoms with Gasteiger partial charge in [-0.25, -0.2) is 0 Å². The van der Waals surface area contributed by atoms with Gasteiger partial charge in [0.05, 0.1) is 0 Å². The largest absolute Gasteiger partial charge is 0.508 e. The molecule has 1 aromatic rings. The smallest absolute Gasteiger partial charge is 0.114 e. The van der Waals surface area contributed by atoms with Crippen LogP contribution in [0.1, 0.15) is 5.56 Å². The van der Waals surface area contributed by atoms with Crippen LogP contribution in [0.2, 0.25) is 0 Å². The lowest BCUT2D eigenvalue weighted by Gasteiger charge is -2.22. The normalized spacial score (nSPS) is 25.7. The minimum Gasteiger partial charge on any atom is -0.508 e. The van der Waals surface area contributed by atoms with Crippen LogP contribution in [0.15, 0.2) is 48.2 Å². The highest BCUT2D eigenvalue weighted by Crippen LogP contribution is 2.26. The van der Waals surface area contributed by atoms with Crippen LogP contribution in [0.5, 0.6) is 0 Å². The molecule has 0 amide bonds. The van der Waals surface area contributed by atoms with Crippen LogP contribution in [0.4, 0.5) is 0 Å². The number of allylic oxidation sites excluding steroid dienone is 1. The Bertz CT molecular complexity index is 406. The lowest BCUT2D eigenvalue weighted by Crippen LogP contribution is -2.28. The third kappa shape index (κ3) is 1.93. The van der Waals surface area contributed by atoms with Gasteiger partial charge in [-0.2, -0.15) is 0 Å². The van der Waals surface area contributed by atoms with Crippen molar-refractivity contribution in [3.8, 4) is 0 Å². The first-order chi connectivity index (χ1) is 7.18. The predicted octanol–water partition coefficient (Wildman–Crippen LogP) is 1.25. The number of hydrogen-bond donors (Lipinski definition) is 3. The van der Waals surface area contributed by atoms with Crippen molar-refractivity contribution in [2.24, 2.45) is 0 Å². The topological polar surface area (TPSA) is 60.7 Å². The average Bonchev–Trinajstić information content (AvgIpc) is 2.24. The van der Waals surface area contributed by atoms with Gasteiger partial charge in [0, 0.05) is 0 Å². The Hall–Kier alpha value is -1.58. The zero-order valence-electron chi connectivity index (χ0n) is 8.04. The second-order valence-corrected chi connectivity index (χ2v) is 3.49. The Morgan fingerprint density at radius 2 is 1.67 bits per heavy atom. The summed E-state index contributed by atoms with van der Waals surface area (Å²) < 4.78 is 0.